The quantitative estimate of drug-likeness (QED) is 0.705. The lowest BCUT2D eigenvalue weighted by Gasteiger charge is -2.15. The molecule has 4 heteroatoms. The number of nitrogens with one attached hydrogen (secondary N) is 1. The van der Waals surface area contributed by atoms with Crippen molar-refractivity contribution in [2.45, 2.75) is 32.9 Å². The zero-order valence-electron chi connectivity index (χ0n) is 11.7. The second kappa shape index (κ2) is 9.71. The number of benzene rings is 1. The topological polar surface area (TPSA) is 45.0 Å². The number of nitrogens with zero attached hydrogens (tertiary/aromatic N) is 1. The minimum absolute atomic E-state index is 0.0969. The fraction of sp³-hybridized carbons (Fsp3) is 0.533. The Morgan fingerprint density at radius 2 is 2.21 bits per heavy atom. The average molecular weight is 278 g/mol. The number of nitriles is 1. The van der Waals surface area contributed by atoms with Gasteiger partial charge in [-0.1, -0.05) is 25.1 Å². The van der Waals surface area contributed by atoms with Gasteiger partial charge in [-0.2, -0.15) is 17.0 Å². The third kappa shape index (κ3) is 6.51. The molecule has 1 aromatic carbocycles. The minimum atomic E-state index is 0.0969. The average Bonchev–Trinajstić information content (AvgIpc) is 2.44. The van der Waals surface area contributed by atoms with Gasteiger partial charge >= 0.3 is 0 Å². The van der Waals surface area contributed by atoms with E-state index in [9.17, 15) is 0 Å². The molecule has 0 amide bonds. The maximum Gasteiger partial charge on any atom is 0.174 e. The lowest BCUT2D eigenvalue weighted by Crippen LogP contribution is -2.26. The summed E-state index contributed by atoms with van der Waals surface area (Å²) in [5, 5.41) is 12.1. The second-order valence-electron chi connectivity index (χ2n) is 4.32. The van der Waals surface area contributed by atoms with Gasteiger partial charge < -0.3 is 10.1 Å². The molecule has 1 rings (SSSR count). The van der Waals surface area contributed by atoms with Crippen molar-refractivity contribution in [3.8, 4) is 11.8 Å². The normalized spacial score (nSPS) is 11.8. The third-order valence-electron chi connectivity index (χ3n) is 2.81. The summed E-state index contributed by atoms with van der Waals surface area (Å²) in [5.41, 5.74) is 1.10. The van der Waals surface area contributed by atoms with Gasteiger partial charge in [0.1, 0.15) is 11.8 Å². The molecule has 0 heterocycles. The first-order chi connectivity index (χ1) is 9.27. The number of rotatable bonds is 9. The first-order valence-corrected chi connectivity index (χ1v) is 7.82. The van der Waals surface area contributed by atoms with Crippen molar-refractivity contribution in [2.75, 3.05) is 18.1 Å². The number of ether oxygens (including phenoxy) is 1. The van der Waals surface area contributed by atoms with Crippen LogP contribution < -0.4 is 10.1 Å². The van der Waals surface area contributed by atoms with E-state index < -0.39 is 0 Å². The van der Waals surface area contributed by atoms with E-state index in [2.05, 4.69) is 19.2 Å². The van der Waals surface area contributed by atoms with Crippen LogP contribution in [-0.4, -0.2) is 24.2 Å². The number of thioether (sulfide) groups is 1. The van der Waals surface area contributed by atoms with Gasteiger partial charge in [-0.3, -0.25) is 0 Å². The first-order valence-electron chi connectivity index (χ1n) is 6.66. The van der Waals surface area contributed by atoms with Crippen LogP contribution in [0.5, 0.6) is 5.75 Å². The van der Waals surface area contributed by atoms with E-state index in [-0.39, 0.29) is 6.61 Å². The zero-order valence-corrected chi connectivity index (χ0v) is 12.5. The van der Waals surface area contributed by atoms with Crippen LogP contribution in [0.2, 0.25) is 0 Å². The van der Waals surface area contributed by atoms with Gasteiger partial charge in [0.15, 0.2) is 6.61 Å². The third-order valence-corrected chi connectivity index (χ3v) is 3.74. The molecule has 0 radical (unpaired) electrons. The molecule has 0 saturated heterocycles. The van der Waals surface area contributed by atoms with Crippen molar-refractivity contribution < 1.29 is 4.74 Å². The van der Waals surface area contributed by atoms with Crippen LogP contribution in [-0.2, 0) is 6.54 Å². The summed E-state index contributed by atoms with van der Waals surface area (Å²) in [5.74, 6) is 3.17. The van der Waals surface area contributed by atoms with Gasteiger partial charge in [0.25, 0.3) is 0 Å². The Hall–Kier alpha value is -1.18. The molecule has 104 valence electrons. The monoisotopic (exact) mass is 278 g/mol. The number of para-hydroxylation sites is 1. The molecular weight excluding hydrogens is 256 g/mol. The standard InChI is InChI=1S/C15H22N2OS/c1-3-19-11-8-13(2)17-12-14-6-4-5-7-15(14)18-10-9-16/h4-7,13,17H,3,8,10-12H2,1-2H3. The molecule has 0 aliphatic rings. The van der Waals surface area contributed by atoms with Crippen LogP contribution in [0.25, 0.3) is 0 Å². The van der Waals surface area contributed by atoms with Crippen LogP contribution >= 0.6 is 11.8 Å². The summed E-state index contributed by atoms with van der Waals surface area (Å²) in [6.07, 6.45) is 1.17. The molecule has 0 saturated carbocycles. The lowest BCUT2D eigenvalue weighted by molar-refractivity contribution is 0.361. The van der Waals surface area contributed by atoms with Gasteiger partial charge in [-0.05, 0) is 30.9 Å². The van der Waals surface area contributed by atoms with Crippen molar-refractivity contribution in [2.24, 2.45) is 0 Å². The van der Waals surface area contributed by atoms with Crippen molar-refractivity contribution in [1.82, 2.24) is 5.32 Å². The summed E-state index contributed by atoms with van der Waals surface area (Å²) in [6, 6.07) is 10.4. The molecule has 0 fully saturated rings. The van der Waals surface area contributed by atoms with Gasteiger partial charge in [-0.15, -0.1) is 0 Å². The van der Waals surface area contributed by atoms with Crippen LogP contribution in [0.15, 0.2) is 24.3 Å². The predicted octanol–water partition coefficient (Wildman–Crippen LogP) is 3.21. The van der Waals surface area contributed by atoms with Crippen LogP contribution in [0.3, 0.4) is 0 Å². The van der Waals surface area contributed by atoms with E-state index in [4.69, 9.17) is 10.00 Å². The summed E-state index contributed by atoms with van der Waals surface area (Å²) in [4.78, 5) is 0. The summed E-state index contributed by atoms with van der Waals surface area (Å²) < 4.78 is 5.41. The van der Waals surface area contributed by atoms with E-state index in [0.29, 0.717) is 6.04 Å². The summed E-state index contributed by atoms with van der Waals surface area (Å²) >= 11 is 1.97. The Morgan fingerprint density at radius 1 is 1.42 bits per heavy atom. The molecule has 1 unspecified atom stereocenters. The SMILES string of the molecule is CCSCCC(C)NCc1ccccc1OCC#N. The zero-order chi connectivity index (χ0) is 13.9. The van der Waals surface area contributed by atoms with Crippen LogP contribution in [0, 0.1) is 11.3 Å². The van der Waals surface area contributed by atoms with Crippen molar-refractivity contribution in [3.63, 3.8) is 0 Å². The molecule has 19 heavy (non-hydrogen) atoms. The summed E-state index contributed by atoms with van der Waals surface area (Å²) in [7, 11) is 0. The Balaban J connectivity index is 2.41. The van der Waals surface area contributed by atoms with Gasteiger partial charge in [0.05, 0.1) is 0 Å². The smallest absolute Gasteiger partial charge is 0.174 e. The highest BCUT2D eigenvalue weighted by molar-refractivity contribution is 7.99. The van der Waals surface area contributed by atoms with Crippen LogP contribution in [0.4, 0.5) is 0 Å². The molecule has 0 aliphatic heterocycles. The van der Waals surface area contributed by atoms with E-state index in [0.717, 1.165) is 17.9 Å². The highest BCUT2D eigenvalue weighted by atomic mass is 32.2. The summed E-state index contributed by atoms with van der Waals surface area (Å²) in [6.45, 7) is 5.26. The Kier molecular flexibility index (Phi) is 8.11. The van der Waals surface area contributed by atoms with Gasteiger partial charge in [-0.25, -0.2) is 0 Å². The molecule has 1 atom stereocenters. The largest absolute Gasteiger partial charge is 0.478 e. The molecule has 0 spiro atoms. The van der Waals surface area contributed by atoms with E-state index >= 15 is 0 Å². The van der Waals surface area contributed by atoms with Gasteiger partial charge in [0, 0.05) is 18.2 Å². The Bertz CT molecular complexity index is 403. The van der Waals surface area contributed by atoms with E-state index in [1.165, 1.54) is 17.9 Å². The van der Waals surface area contributed by atoms with Crippen molar-refractivity contribution >= 4 is 11.8 Å². The Labute approximate surface area is 120 Å². The molecule has 3 nitrogen and oxygen atoms in total. The fourth-order valence-corrected chi connectivity index (χ4v) is 2.50. The molecular formula is C15H22N2OS. The fourth-order valence-electron chi connectivity index (χ4n) is 1.69. The van der Waals surface area contributed by atoms with Crippen molar-refractivity contribution in [1.29, 1.82) is 5.26 Å². The minimum Gasteiger partial charge on any atom is -0.478 e. The van der Waals surface area contributed by atoms with E-state index in [1.807, 2.05) is 42.1 Å². The maximum absolute atomic E-state index is 8.56. The second-order valence-corrected chi connectivity index (χ2v) is 5.72. The molecule has 0 aromatic heterocycles. The van der Waals surface area contributed by atoms with Crippen molar-refractivity contribution in [3.05, 3.63) is 29.8 Å². The highest BCUT2D eigenvalue weighted by Gasteiger charge is 2.05. The highest BCUT2D eigenvalue weighted by Crippen LogP contribution is 2.18. The first kappa shape index (κ1) is 15.9. The number of hydrogen-bond acceptors (Lipinski definition) is 4. The molecule has 1 aromatic rings. The maximum atomic E-state index is 8.56. The molecule has 0 bridgehead atoms. The lowest BCUT2D eigenvalue weighted by atomic mass is 10.2. The van der Waals surface area contributed by atoms with Crippen LogP contribution in [0.1, 0.15) is 25.8 Å². The molecule has 1 N–H and O–H groups in total. The molecule has 0 aliphatic carbocycles. The Morgan fingerprint density at radius 3 is 2.95 bits per heavy atom. The van der Waals surface area contributed by atoms with E-state index in [1.54, 1.807) is 0 Å². The number of hydrogen-bond donors (Lipinski definition) is 1. The van der Waals surface area contributed by atoms with Gasteiger partial charge in [0.2, 0.25) is 0 Å². The predicted molar refractivity (Wildman–Crippen MR) is 81.5 cm³/mol.